The quantitative estimate of drug-likeness (QED) is 0.202. The highest BCUT2D eigenvalue weighted by atomic mass is 35.5. The lowest BCUT2D eigenvalue weighted by Crippen LogP contribution is -2.54. The van der Waals surface area contributed by atoms with E-state index in [1.165, 1.54) is 17.8 Å². The smallest absolute Gasteiger partial charge is 0.416 e. The molecule has 0 radical (unpaired) electrons. The highest BCUT2D eigenvalue weighted by Gasteiger charge is 2.32. The lowest BCUT2D eigenvalue weighted by atomic mass is 10.1. The van der Waals surface area contributed by atoms with Crippen LogP contribution in [-0.4, -0.2) is 96.3 Å². The number of nitrogens with zero attached hydrogens (tertiary/aromatic N) is 6. The van der Waals surface area contributed by atoms with Crippen LogP contribution < -0.4 is 14.5 Å². The maximum Gasteiger partial charge on any atom is 0.416 e. The first-order valence-electron chi connectivity index (χ1n) is 14.1. The molecule has 1 atom stereocenters. The van der Waals surface area contributed by atoms with Crippen molar-refractivity contribution >= 4 is 46.7 Å². The summed E-state index contributed by atoms with van der Waals surface area (Å²) < 4.78 is 44.5. The third kappa shape index (κ3) is 7.49. The van der Waals surface area contributed by atoms with E-state index >= 15 is 0 Å². The standard InChI is InChI=1S/C30H32ClF3N6O3S/c1-20-18-39(14-15-40(20)28(42)21-6-8-24(43-2)9-7-21)26-17-25(31)35-29(36-26)44-19-27(41)38-12-10-37(11-13-38)23-5-3-4-22(16-23)30(32,33)34/h3-9,16-17,20H,10-15,18-19H2,1-2H3. The summed E-state index contributed by atoms with van der Waals surface area (Å²) in [6, 6.07) is 13.9. The van der Waals surface area contributed by atoms with Crippen molar-refractivity contribution in [3.05, 3.63) is 70.9 Å². The Bertz CT molecular complexity index is 1490. The number of aromatic nitrogens is 2. The molecule has 0 N–H and O–H groups in total. The number of halogens is 4. The van der Waals surface area contributed by atoms with Gasteiger partial charge in [0.05, 0.1) is 18.4 Å². The molecule has 0 aliphatic carbocycles. The van der Waals surface area contributed by atoms with Crippen molar-refractivity contribution in [1.29, 1.82) is 0 Å². The van der Waals surface area contributed by atoms with Gasteiger partial charge >= 0.3 is 6.18 Å². The van der Waals surface area contributed by atoms with E-state index in [9.17, 15) is 22.8 Å². The number of amides is 2. The number of piperazine rings is 2. The van der Waals surface area contributed by atoms with Gasteiger partial charge in [-0.15, -0.1) is 0 Å². The molecule has 234 valence electrons. The van der Waals surface area contributed by atoms with Crippen LogP contribution in [0.4, 0.5) is 24.7 Å². The minimum atomic E-state index is -4.41. The van der Waals surface area contributed by atoms with Gasteiger partial charge in [-0.05, 0) is 49.4 Å². The molecule has 14 heteroatoms. The Morgan fingerprint density at radius 1 is 0.977 bits per heavy atom. The van der Waals surface area contributed by atoms with Crippen molar-refractivity contribution in [2.45, 2.75) is 24.3 Å². The highest BCUT2D eigenvalue weighted by Crippen LogP contribution is 2.32. The number of thioether (sulfide) groups is 1. The Balaban J connectivity index is 1.14. The van der Waals surface area contributed by atoms with Crippen LogP contribution in [0.1, 0.15) is 22.8 Å². The third-order valence-corrected chi connectivity index (χ3v) is 8.73. The van der Waals surface area contributed by atoms with Crippen LogP contribution in [-0.2, 0) is 11.0 Å². The molecule has 9 nitrogen and oxygen atoms in total. The molecule has 2 aliphatic rings. The van der Waals surface area contributed by atoms with Gasteiger partial charge in [-0.1, -0.05) is 29.4 Å². The van der Waals surface area contributed by atoms with Crippen LogP contribution in [0, 0.1) is 0 Å². The number of hydrogen-bond acceptors (Lipinski definition) is 8. The van der Waals surface area contributed by atoms with E-state index in [2.05, 4.69) is 14.9 Å². The number of hydrogen-bond donors (Lipinski definition) is 0. The zero-order valence-corrected chi connectivity index (χ0v) is 25.8. The Morgan fingerprint density at radius 3 is 2.34 bits per heavy atom. The van der Waals surface area contributed by atoms with Crippen molar-refractivity contribution in [3.8, 4) is 5.75 Å². The van der Waals surface area contributed by atoms with Crippen LogP contribution >= 0.6 is 23.4 Å². The van der Waals surface area contributed by atoms with E-state index in [0.29, 0.717) is 73.8 Å². The average Bonchev–Trinajstić information content (AvgIpc) is 3.03. The van der Waals surface area contributed by atoms with Gasteiger partial charge in [-0.2, -0.15) is 13.2 Å². The normalized spacial score (nSPS) is 17.5. The first-order chi connectivity index (χ1) is 21.0. The fourth-order valence-corrected chi connectivity index (χ4v) is 6.27. The minimum absolute atomic E-state index is 0.0501. The number of carbonyl (C=O) groups is 2. The number of carbonyl (C=O) groups excluding carboxylic acids is 2. The van der Waals surface area contributed by atoms with Crippen molar-refractivity contribution < 1.29 is 27.5 Å². The van der Waals surface area contributed by atoms with Gasteiger partial charge in [0.15, 0.2) is 5.16 Å². The van der Waals surface area contributed by atoms with Crippen LogP contribution in [0.15, 0.2) is 59.8 Å². The second kappa shape index (κ2) is 13.5. The van der Waals surface area contributed by atoms with E-state index < -0.39 is 11.7 Å². The van der Waals surface area contributed by atoms with Crippen molar-refractivity contribution in [2.24, 2.45) is 0 Å². The van der Waals surface area contributed by atoms with E-state index in [1.807, 2.05) is 16.7 Å². The van der Waals surface area contributed by atoms with Crippen LogP contribution in [0.5, 0.6) is 5.75 Å². The summed E-state index contributed by atoms with van der Waals surface area (Å²) in [5.74, 6) is 1.25. The highest BCUT2D eigenvalue weighted by molar-refractivity contribution is 7.99. The monoisotopic (exact) mass is 648 g/mol. The number of rotatable bonds is 7. The van der Waals surface area contributed by atoms with E-state index in [0.717, 1.165) is 12.1 Å². The number of anilines is 2. The Kier molecular flexibility index (Phi) is 9.74. The topological polar surface area (TPSA) is 82.1 Å². The molecule has 2 aliphatic heterocycles. The molecule has 0 bridgehead atoms. The van der Waals surface area contributed by atoms with Crippen LogP contribution in [0.3, 0.4) is 0 Å². The molecule has 5 rings (SSSR count). The van der Waals surface area contributed by atoms with Crippen molar-refractivity contribution in [3.63, 3.8) is 0 Å². The van der Waals surface area contributed by atoms with Gasteiger partial charge < -0.3 is 24.3 Å². The van der Waals surface area contributed by atoms with E-state index in [4.69, 9.17) is 16.3 Å². The predicted molar refractivity (Wildman–Crippen MR) is 164 cm³/mol. The molecule has 1 aromatic heterocycles. The summed E-state index contributed by atoms with van der Waals surface area (Å²) in [6.45, 7) is 5.25. The molecular formula is C30H32ClF3N6O3S. The maximum absolute atomic E-state index is 13.1. The van der Waals surface area contributed by atoms with Gasteiger partial charge in [0.2, 0.25) is 5.91 Å². The Hall–Kier alpha value is -3.71. The third-order valence-electron chi connectivity index (χ3n) is 7.71. The summed E-state index contributed by atoms with van der Waals surface area (Å²) in [6.07, 6.45) is -4.41. The molecule has 3 heterocycles. The molecule has 2 aromatic carbocycles. The van der Waals surface area contributed by atoms with Gasteiger partial charge in [0, 0.05) is 69.2 Å². The fraction of sp³-hybridized carbons (Fsp3) is 0.400. The summed E-state index contributed by atoms with van der Waals surface area (Å²) in [4.78, 5) is 42.4. The SMILES string of the molecule is COc1ccc(C(=O)N2CCN(c3cc(Cl)nc(SCC(=O)N4CCN(c5cccc(C(F)(F)F)c5)CC4)n3)CC2C)cc1. The first-order valence-corrected chi connectivity index (χ1v) is 15.5. The van der Waals surface area contributed by atoms with Gasteiger partial charge in [-0.25, -0.2) is 9.97 Å². The number of ether oxygens (including phenoxy) is 1. The molecule has 0 spiro atoms. The second-order valence-electron chi connectivity index (χ2n) is 10.6. The summed E-state index contributed by atoms with van der Waals surface area (Å²) in [5.41, 5.74) is 0.391. The minimum Gasteiger partial charge on any atom is -0.497 e. The zero-order valence-electron chi connectivity index (χ0n) is 24.3. The zero-order chi connectivity index (χ0) is 31.4. The average molecular weight is 649 g/mol. The molecule has 1 unspecified atom stereocenters. The van der Waals surface area contributed by atoms with Crippen LogP contribution in [0.25, 0.3) is 0 Å². The van der Waals surface area contributed by atoms with Gasteiger partial charge in [0.25, 0.3) is 5.91 Å². The molecule has 2 amide bonds. The molecule has 2 saturated heterocycles. The van der Waals surface area contributed by atoms with E-state index in [1.54, 1.807) is 48.4 Å². The molecule has 3 aromatic rings. The second-order valence-corrected chi connectivity index (χ2v) is 11.9. The predicted octanol–water partition coefficient (Wildman–Crippen LogP) is 4.95. The lowest BCUT2D eigenvalue weighted by molar-refractivity contribution is -0.137. The van der Waals surface area contributed by atoms with Gasteiger partial charge in [0.1, 0.15) is 16.7 Å². The summed E-state index contributed by atoms with van der Waals surface area (Å²) >= 11 is 7.51. The van der Waals surface area contributed by atoms with Crippen LogP contribution in [0.2, 0.25) is 5.15 Å². The largest absolute Gasteiger partial charge is 0.497 e. The molecule has 0 saturated carbocycles. The molecule has 2 fully saturated rings. The van der Waals surface area contributed by atoms with Crippen molar-refractivity contribution in [1.82, 2.24) is 19.8 Å². The number of methoxy groups -OCH3 is 1. The summed E-state index contributed by atoms with van der Waals surface area (Å²) in [5, 5.41) is 0.622. The fourth-order valence-electron chi connectivity index (χ4n) is 5.29. The summed E-state index contributed by atoms with van der Waals surface area (Å²) in [7, 11) is 1.58. The van der Waals surface area contributed by atoms with Gasteiger partial charge in [-0.3, -0.25) is 9.59 Å². The first kappa shape index (κ1) is 31.7. The van der Waals surface area contributed by atoms with Crippen molar-refractivity contribution in [2.75, 3.05) is 68.5 Å². The Morgan fingerprint density at radius 2 is 1.68 bits per heavy atom. The maximum atomic E-state index is 13.1. The molecule has 44 heavy (non-hydrogen) atoms. The number of benzene rings is 2. The number of alkyl halides is 3. The van der Waals surface area contributed by atoms with E-state index in [-0.39, 0.29) is 28.8 Å². The lowest BCUT2D eigenvalue weighted by Gasteiger charge is -2.40. The Labute approximate surface area is 262 Å². The molecular weight excluding hydrogens is 617 g/mol.